The van der Waals surface area contributed by atoms with E-state index in [1.807, 2.05) is 24.3 Å². The lowest BCUT2D eigenvalue weighted by Gasteiger charge is -2.39. The molecule has 3 fully saturated rings. The molecule has 3 aromatic heterocycles. The van der Waals surface area contributed by atoms with Gasteiger partial charge < -0.3 is 20.4 Å². The number of hydrogen-bond acceptors (Lipinski definition) is 10. The summed E-state index contributed by atoms with van der Waals surface area (Å²) in [7, 11) is 0. The number of aromatic nitrogens is 4. The first-order valence-electron chi connectivity index (χ1n) is 18.2. The monoisotopic (exact) mass is 734 g/mol. The van der Waals surface area contributed by atoms with Crippen molar-refractivity contribution in [2.45, 2.75) is 38.3 Å². The van der Waals surface area contributed by atoms with Crippen LogP contribution in [0.4, 0.5) is 17.3 Å². The van der Waals surface area contributed by atoms with Crippen molar-refractivity contribution in [2.75, 3.05) is 61.3 Å². The average Bonchev–Trinajstić information content (AvgIpc) is 3.67. The first kappa shape index (κ1) is 33.4. The van der Waals surface area contributed by atoms with Crippen LogP contribution >= 0.6 is 11.6 Å². The lowest BCUT2D eigenvalue weighted by molar-refractivity contribution is -0.136. The number of nitrogen functional groups attached to an aromatic ring is 1. The van der Waals surface area contributed by atoms with E-state index in [4.69, 9.17) is 27.3 Å². The molecule has 5 aromatic rings. The van der Waals surface area contributed by atoms with E-state index in [-0.39, 0.29) is 29.7 Å². The molecule has 53 heavy (non-hydrogen) atoms. The number of nitrogens with zero attached hydrogens (tertiary/aromatic N) is 7. The zero-order valence-electron chi connectivity index (χ0n) is 29.1. The van der Waals surface area contributed by atoms with Crippen LogP contribution in [0.25, 0.3) is 27.7 Å². The number of halogens is 1. The number of nitrogens with one attached hydrogen (secondary N) is 2. The Balaban J connectivity index is 0.785. The molecule has 4 aliphatic rings. The minimum atomic E-state index is -0.601. The molecule has 3 amide bonds. The molecule has 0 radical (unpaired) electrons. The van der Waals surface area contributed by atoms with Crippen LogP contribution in [0.5, 0.6) is 0 Å². The van der Waals surface area contributed by atoms with Gasteiger partial charge in [0.05, 0.1) is 21.5 Å². The number of nitrogens with two attached hydrogens (primary N) is 1. The number of amides is 3. The van der Waals surface area contributed by atoms with Gasteiger partial charge in [-0.3, -0.25) is 34.5 Å². The Hall–Kier alpha value is -5.47. The molecule has 2 aromatic carbocycles. The van der Waals surface area contributed by atoms with Gasteiger partial charge in [-0.1, -0.05) is 17.7 Å². The number of piperazine rings is 1. The third kappa shape index (κ3) is 5.95. The standard InChI is InChI=1S/C38H39ClN10O4/c39-27-2-1-3-28-33(27)38(53)49-35(42-28)32(34(40)44-49)23-4-8-30(41-19-23)47-16-14-45(15-17-47)20-22-10-12-46(13-11-22)25-5-6-26-24(18-25)21-48(37(26)52)29-7-9-31(50)43-36(29)51/h1-6,8,18-19,22,29,44H,7,9-17,20-21,40H2,(H,43,50,51). The van der Waals surface area contributed by atoms with Crippen LogP contribution < -0.4 is 26.4 Å². The molecule has 272 valence electrons. The Morgan fingerprint density at radius 2 is 1.72 bits per heavy atom. The number of piperidine rings is 2. The predicted octanol–water partition coefficient (Wildman–Crippen LogP) is 3.27. The molecule has 1 unspecified atom stereocenters. The predicted molar refractivity (Wildman–Crippen MR) is 202 cm³/mol. The van der Waals surface area contributed by atoms with Crippen molar-refractivity contribution in [2.24, 2.45) is 5.92 Å². The van der Waals surface area contributed by atoms with E-state index in [0.717, 1.165) is 81.3 Å². The van der Waals surface area contributed by atoms with E-state index >= 15 is 0 Å². The van der Waals surface area contributed by atoms with Crippen molar-refractivity contribution in [1.82, 2.24) is 34.7 Å². The Bertz CT molecular complexity index is 2340. The highest BCUT2D eigenvalue weighted by Crippen LogP contribution is 2.34. The van der Waals surface area contributed by atoms with Gasteiger partial charge in [0.25, 0.3) is 11.5 Å². The number of carbonyl (C=O) groups is 3. The van der Waals surface area contributed by atoms with Crippen LogP contribution in [0.15, 0.2) is 59.5 Å². The third-order valence-corrected chi connectivity index (χ3v) is 11.6. The number of pyridine rings is 1. The number of H-pyrrole nitrogens is 1. The maximum atomic E-state index is 13.2. The SMILES string of the molecule is Nc1[nH]n2c(=O)c3c(Cl)cccc3nc2c1-c1ccc(N2CCN(CC3CCN(c4ccc5c(c4)CN(C4CCC(=O)NC4=O)C5=O)CC3)CC2)nc1. The Labute approximate surface area is 309 Å². The summed E-state index contributed by atoms with van der Waals surface area (Å²) in [6.07, 6.45) is 4.60. The summed E-state index contributed by atoms with van der Waals surface area (Å²) in [6, 6.07) is 14.6. The highest BCUT2D eigenvalue weighted by molar-refractivity contribution is 6.35. The molecular formula is C38H39ClN10O4. The van der Waals surface area contributed by atoms with Gasteiger partial charge in [-0.2, -0.15) is 4.52 Å². The number of imide groups is 1. The van der Waals surface area contributed by atoms with Crippen molar-refractivity contribution in [3.63, 3.8) is 0 Å². The minimum Gasteiger partial charge on any atom is -0.384 e. The number of fused-ring (bicyclic) bond motifs is 3. The van der Waals surface area contributed by atoms with Crippen molar-refractivity contribution < 1.29 is 14.4 Å². The van der Waals surface area contributed by atoms with E-state index in [1.54, 1.807) is 29.3 Å². The molecule has 0 spiro atoms. The van der Waals surface area contributed by atoms with Gasteiger partial charge in [0.1, 0.15) is 17.7 Å². The molecule has 1 atom stereocenters. The first-order valence-corrected chi connectivity index (χ1v) is 18.5. The second-order valence-electron chi connectivity index (χ2n) is 14.5. The summed E-state index contributed by atoms with van der Waals surface area (Å²) in [5, 5.41) is 6.01. The Kier molecular flexibility index (Phi) is 8.30. The van der Waals surface area contributed by atoms with Gasteiger partial charge >= 0.3 is 0 Å². The van der Waals surface area contributed by atoms with Crippen LogP contribution in [0, 0.1) is 5.92 Å². The van der Waals surface area contributed by atoms with Crippen LogP contribution in [-0.2, 0) is 16.1 Å². The summed E-state index contributed by atoms with van der Waals surface area (Å²) in [6.45, 7) is 7.07. The normalized spacial score (nSPS) is 20.1. The topological polar surface area (TPSA) is 165 Å². The number of aromatic amines is 1. The molecular weight excluding hydrogens is 696 g/mol. The first-order chi connectivity index (χ1) is 25.7. The van der Waals surface area contributed by atoms with Gasteiger partial charge in [-0.15, -0.1) is 0 Å². The number of carbonyl (C=O) groups excluding carboxylic acids is 3. The molecule has 0 aliphatic carbocycles. The Morgan fingerprint density at radius 1 is 0.906 bits per heavy atom. The molecule has 9 rings (SSSR count). The van der Waals surface area contributed by atoms with E-state index < -0.39 is 6.04 Å². The van der Waals surface area contributed by atoms with Crippen LogP contribution in [0.3, 0.4) is 0 Å². The lowest BCUT2D eigenvalue weighted by Crippen LogP contribution is -2.52. The highest BCUT2D eigenvalue weighted by Gasteiger charge is 2.39. The molecule has 4 aliphatic heterocycles. The van der Waals surface area contributed by atoms with Crippen molar-refractivity contribution in [3.8, 4) is 11.1 Å². The lowest BCUT2D eigenvalue weighted by atomic mass is 9.95. The third-order valence-electron chi connectivity index (χ3n) is 11.3. The van der Waals surface area contributed by atoms with E-state index in [0.29, 0.717) is 57.4 Å². The van der Waals surface area contributed by atoms with Crippen molar-refractivity contribution >= 4 is 63.2 Å². The molecule has 4 N–H and O–H groups in total. The van der Waals surface area contributed by atoms with E-state index in [2.05, 4.69) is 31.2 Å². The average molecular weight is 735 g/mol. The van der Waals surface area contributed by atoms with Gasteiger partial charge in [0, 0.05) is 81.8 Å². The zero-order valence-corrected chi connectivity index (χ0v) is 29.8. The maximum Gasteiger partial charge on any atom is 0.282 e. The summed E-state index contributed by atoms with van der Waals surface area (Å²) in [5.74, 6) is 1.04. The molecule has 7 heterocycles. The quantitative estimate of drug-likeness (QED) is 0.221. The molecule has 15 heteroatoms. The fraction of sp³-hybridized carbons (Fsp3) is 0.368. The zero-order chi connectivity index (χ0) is 36.4. The number of anilines is 3. The number of benzene rings is 2. The highest BCUT2D eigenvalue weighted by atomic mass is 35.5. The second-order valence-corrected chi connectivity index (χ2v) is 14.9. The summed E-state index contributed by atoms with van der Waals surface area (Å²) in [4.78, 5) is 68.7. The summed E-state index contributed by atoms with van der Waals surface area (Å²) < 4.78 is 1.34. The molecule has 14 nitrogen and oxygen atoms in total. The van der Waals surface area contributed by atoms with Crippen molar-refractivity contribution in [3.05, 3.63) is 81.2 Å². The van der Waals surface area contributed by atoms with Gasteiger partial charge in [-0.05, 0) is 73.2 Å². The minimum absolute atomic E-state index is 0.139. The van der Waals surface area contributed by atoms with Gasteiger partial charge in [0.15, 0.2) is 5.65 Å². The smallest absolute Gasteiger partial charge is 0.282 e. The van der Waals surface area contributed by atoms with Gasteiger partial charge in [-0.25, -0.2) is 9.97 Å². The van der Waals surface area contributed by atoms with Crippen LogP contribution in [0.2, 0.25) is 5.02 Å². The van der Waals surface area contributed by atoms with E-state index in [9.17, 15) is 19.2 Å². The second kappa shape index (κ2) is 13.2. The summed E-state index contributed by atoms with van der Waals surface area (Å²) in [5.41, 5.74) is 11.1. The largest absolute Gasteiger partial charge is 0.384 e. The maximum absolute atomic E-state index is 13.2. The van der Waals surface area contributed by atoms with Crippen molar-refractivity contribution in [1.29, 1.82) is 0 Å². The number of hydrogen-bond donors (Lipinski definition) is 3. The fourth-order valence-electron chi connectivity index (χ4n) is 8.42. The Morgan fingerprint density at radius 3 is 2.47 bits per heavy atom. The van der Waals surface area contributed by atoms with Crippen LogP contribution in [0.1, 0.15) is 41.6 Å². The van der Waals surface area contributed by atoms with Gasteiger partial charge in [0.2, 0.25) is 11.8 Å². The molecule has 0 saturated carbocycles. The molecule has 0 bridgehead atoms. The fourth-order valence-corrected chi connectivity index (χ4v) is 8.67. The number of rotatable bonds is 6. The van der Waals surface area contributed by atoms with Crippen LogP contribution in [-0.4, -0.2) is 99.0 Å². The van der Waals surface area contributed by atoms with E-state index in [1.165, 1.54) is 4.52 Å². The molecule has 3 saturated heterocycles. The summed E-state index contributed by atoms with van der Waals surface area (Å²) >= 11 is 6.30.